The Morgan fingerprint density at radius 1 is 1.16 bits per heavy atom. The highest BCUT2D eigenvalue weighted by molar-refractivity contribution is 5.23. The van der Waals surface area contributed by atoms with Crippen molar-refractivity contribution in [3.63, 3.8) is 0 Å². The molecule has 0 spiro atoms. The van der Waals surface area contributed by atoms with Crippen LogP contribution in [0.3, 0.4) is 0 Å². The Morgan fingerprint density at radius 3 is 2.53 bits per heavy atom. The number of hydrogen-bond donors (Lipinski definition) is 1. The molecule has 2 aromatic heterocycles. The van der Waals surface area contributed by atoms with Crippen molar-refractivity contribution >= 4 is 0 Å². The van der Waals surface area contributed by atoms with Crippen LogP contribution in [-0.2, 0) is 13.0 Å². The van der Waals surface area contributed by atoms with Crippen LogP contribution in [0.25, 0.3) is 0 Å². The number of aromatic amines is 1. The van der Waals surface area contributed by atoms with Crippen molar-refractivity contribution in [3.05, 3.63) is 28.3 Å². The van der Waals surface area contributed by atoms with Gasteiger partial charge in [0.2, 0.25) is 0 Å². The van der Waals surface area contributed by atoms with Gasteiger partial charge in [-0.3, -0.25) is 5.10 Å². The molecule has 0 radical (unpaired) electrons. The molecular formula is C13H21N5O. The first-order chi connectivity index (χ1) is 9.08. The van der Waals surface area contributed by atoms with E-state index in [1.54, 1.807) is 0 Å². The van der Waals surface area contributed by atoms with Gasteiger partial charge in [-0.1, -0.05) is 10.3 Å². The van der Waals surface area contributed by atoms with Crippen LogP contribution in [0.1, 0.15) is 34.8 Å². The molecule has 104 valence electrons. The van der Waals surface area contributed by atoms with Crippen molar-refractivity contribution in [3.8, 4) is 0 Å². The Bertz CT molecular complexity index is 511. The Balaban J connectivity index is 1.78. The minimum absolute atomic E-state index is 0.776. The van der Waals surface area contributed by atoms with Crippen LogP contribution < -0.4 is 0 Å². The highest BCUT2D eigenvalue weighted by Crippen LogP contribution is 2.12. The van der Waals surface area contributed by atoms with Gasteiger partial charge in [-0.15, -0.1) is 0 Å². The predicted molar refractivity (Wildman–Crippen MR) is 71.8 cm³/mol. The first kappa shape index (κ1) is 13.7. The summed E-state index contributed by atoms with van der Waals surface area (Å²) < 4.78 is 4.70. The first-order valence-electron chi connectivity index (χ1n) is 6.55. The van der Waals surface area contributed by atoms with Gasteiger partial charge in [0.05, 0.1) is 5.69 Å². The monoisotopic (exact) mass is 263 g/mol. The summed E-state index contributed by atoms with van der Waals surface area (Å²) in [6.07, 6.45) is 2.15. The van der Waals surface area contributed by atoms with E-state index >= 15 is 0 Å². The molecule has 0 atom stereocenters. The number of aromatic nitrogens is 4. The van der Waals surface area contributed by atoms with Gasteiger partial charge in [-0.25, -0.2) is 4.63 Å². The van der Waals surface area contributed by atoms with Gasteiger partial charge < -0.3 is 4.90 Å². The summed E-state index contributed by atoms with van der Waals surface area (Å²) in [7, 11) is 2.09. The van der Waals surface area contributed by atoms with E-state index in [-0.39, 0.29) is 0 Å². The minimum Gasteiger partial charge on any atom is -0.300 e. The molecule has 0 amide bonds. The van der Waals surface area contributed by atoms with E-state index in [2.05, 4.69) is 39.4 Å². The molecule has 0 aliphatic rings. The lowest BCUT2D eigenvalue weighted by Crippen LogP contribution is -2.20. The molecule has 0 saturated heterocycles. The summed E-state index contributed by atoms with van der Waals surface area (Å²) in [6.45, 7) is 7.82. The van der Waals surface area contributed by atoms with E-state index in [1.807, 2.05) is 13.8 Å². The second kappa shape index (κ2) is 5.97. The van der Waals surface area contributed by atoms with Crippen LogP contribution in [-0.4, -0.2) is 39.0 Å². The zero-order chi connectivity index (χ0) is 13.8. The second-order valence-corrected chi connectivity index (χ2v) is 5.05. The summed E-state index contributed by atoms with van der Waals surface area (Å²) in [6, 6.07) is 0. The van der Waals surface area contributed by atoms with E-state index in [9.17, 15) is 0 Å². The van der Waals surface area contributed by atoms with E-state index in [0.717, 1.165) is 43.0 Å². The van der Waals surface area contributed by atoms with Crippen LogP contribution in [0.5, 0.6) is 0 Å². The van der Waals surface area contributed by atoms with Gasteiger partial charge in [0.25, 0.3) is 0 Å². The molecule has 0 saturated carbocycles. The average molecular weight is 263 g/mol. The van der Waals surface area contributed by atoms with Crippen LogP contribution in [0, 0.1) is 20.8 Å². The maximum atomic E-state index is 4.70. The summed E-state index contributed by atoms with van der Waals surface area (Å²) in [4.78, 5) is 2.23. The molecule has 0 unspecified atom stereocenters. The largest absolute Gasteiger partial charge is 0.300 e. The van der Waals surface area contributed by atoms with E-state index in [0.29, 0.717) is 0 Å². The van der Waals surface area contributed by atoms with Gasteiger partial charge in [-0.05, 0) is 52.8 Å². The quantitative estimate of drug-likeness (QED) is 0.860. The lowest BCUT2D eigenvalue weighted by Gasteiger charge is -2.14. The average Bonchev–Trinajstić information content (AvgIpc) is 2.90. The number of hydrogen-bond acceptors (Lipinski definition) is 5. The molecule has 2 aromatic rings. The Labute approximate surface area is 113 Å². The summed E-state index contributed by atoms with van der Waals surface area (Å²) in [5.41, 5.74) is 5.41. The highest BCUT2D eigenvalue weighted by atomic mass is 16.6. The molecule has 2 rings (SSSR count). The van der Waals surface area contributed by atoms with Crippen molar-refractivity contribution in [2.45, 2.75) is 40.2 Å². The SMILES string of the molecule is Cc1nonc1CN(C)CCCc1c(C)n[nH]c1C. The Morgan fingerprint density at radius 2 is 1.95 bits per heavy atom. The van der Waals surface area contributed by atoms with Gasteiger partial charge in [0.1, 0.15) is 11.4 Å². The summed E-state index contributed by atoms with van der Waals surface area (Å²) >= 11 is 0. The number of nitrogens with one attached hydrogen (secondary N) is 1. The predicted octanol–water partition coefficient (Wildman–Crippen LogP) is 1.78. The molecule has 6 heteroatoms. The molecule has 0 aliphatic carbocycles. The maximum Gasteiger partial charge on any atom is 0.122 e. The molecule has 6 nitrogen and oxygen atoms in total. The maximum absolute atomic E-state index is 4.70. The fourth-order valence-electron chi connectivity index (χ4n) is 2.20. The third kappa shape index (κ3) is 3.41. The van der Waals surface area contributed by atoms with Crippen molar-refractivity contribution in [2.75, 3.05) is 13.6 Å². The molecular weight excluding hydrogens is 242 g/mol. The zero-order valence-electron chi connectivity index (χ0n) is 12.0. The third-order valence-corrected chi connectivity index (χ3v) is 3.41. The van der Waals surface area contributed by atoms with Crippen molar-refractivity contribution < 1.29 is 4.63 Å². The zero-order valence-corrected chi connectivity index (χ0v) is 12.0. The van der Waals surface area contributed by atoms with Gasteiger partial charge in [0.15, 0.2) is 0 Å². The number of nitrogens with zero attached hydrogens (tertiary/aromatic N) is 4. The Hall–Kier alpha value is -1.69. The fraction of sp³-hybridized carbons (Fsp3) is 0.615. The molecule has 1 N–H and O–H groups in total. The van der Waals surface area contributed by atoms with Gasteiger partial charge >= 0.3 is 0 Å². The standard InChI is InChI=1S/C13H21N5O/c1-9-12(10(2)15-14-9)6-5-7-18(4)8-13-11(3)16-19-17-13/h5-8H2,1-4H3,(H,14,15). The highest BCUT2D eigenvalue weighted by Gasteiger charge is 2.10. The molecule has 2 heterocycles. The van der Waals surface area contributed by atoms with Crippen LogP contribution >= 0.6 is 0 Å². The topological polar surface area (TPSA) is 70.8 Å². The van der Waals surface area contributed by atoms with E-state index < -0.39 is 0 Å². The lowest BCUT2D eigenvalue weighted by molar-refractivity contribution is 0.281. The van der Waals surface area contributed by atoms with Crippen LogP contribution in [0.4, 0.5) is 0 Å². The van der Waals surface area contributed by atoms with E-state index in [4.69, 9.17) is 4.63 Å². The Kier molecular flexibility index (Phi) is 4.31. The second-order valence-electron chi connectivity index (χ2n) is 5.05. The van der Waals surface area contributed by atoms with Gasteiger partial charge in [-0.2, -0.15) is 5.10 Å². The minimum atomic E-state index is 0.776. The normalized spacial score (nSPS) is 11.4. The molecule has 0 aliphatic heterocycles. The first-order valence-corrected chi connectivity index (χ1v) is 6.55. The van der Waals surface area contributed by atoms with Crippen LogP contribution in [0.2, 0.25) is 0 Å². The summed E-state index contributed by atoms with van der Waals surface area (Å²) in [5, 5.41) is 14.9. The van der Waals surface area contributed by atoms with Crippen molar-refractivity contribution in [1.82, 2.24) is 25.4 Å². The van der Waals surface area contributed by atoms with Crippen molar-refractivity contribution in [2.24, 2.45) is 0 Å². The molecule has 0 bridgehead atoms. The third-order valence-electron chi connectivity index (χ3n) is 3.41. The molecule has 19 heavy (non-hydrogen) atoms. The van der Waals surface area contributed by atoms with Crippen molar-refractivity contribution in [1.29, 1.82) is 0 Å². The fourth-order valence-corrected chi connectivity index (χ4v) is 2.20. The van der Waals surface area contributed by atoms with E-state index in [1.165, 1.54) is 11.3 Å². The smallest absolute Gasteiger partial charge is 0.122 e. The molecule has 0 fully saturated rings. The van der Waals surface area contributed by atoms with Crippen LogP contribution in [0.15, 0.2) is 4.63 Å². The number of H-pyrrole nitrogens is 1. The molecule has 0 aromatic carbocycles. The van der Waals surface area contributed by atoms with Gasteiger partial charge in [0, 0.05) is 12.2 Å². The number of rotatable bonds is 6. The summed E-state index contributed by atoms with van der Waals surface area (Å²) in [5.74, 6) is 0. The lowest BCUT2D eigenvalue weighted by atomic mass is 10.1. The number of aryl methyl sites for hydroxylation is 3.